The van der Waals surface area contributed by atoms with Gasteiger partial charge in [-0.15, -0.1) is 5.10 Å². The van der Waals surface area contributed by atoms with Gasteiger partial charge in [0.1, 0.15) is 17.4 Å². The highest BCUT2D eigenvalue weighted by Gasteiger charge is 2.38. The van der Waals surface area contributed by atoms with Crippen molar-refractivity contribution in [2.45, 2.75) is 38.5 Å². The summed E-state index contributed by atoms with van der Waals surface area (Å²) in [6.45, 7) is 4.31. The van der Waals surface area contributed by atoms with Crippen LogP contribution in [0.25, 0.3) is 5.52 Å². The molecule has 1 aliphatic heterocycles. The summed E-state index contributed by atoms with van der Waals surface area (Å²) in [5.74, 6) is 0.422. The van der Waals surface area contributed by atoms with E-state index in [0.717, 1.165) is 5.52 Å². The second kappa shape index (κ2) is 8.71. The van der Waals surface area contributed by atoms with Crippen molar-refractivity contribution in [3.8, 4) is 0 Å². The first-order chi connectivity index (χ1) is 16.4. The van der Waals surface area contributed by atoms with Crippen LogP contribution in [0, 0.1) is 5.95 Å². The number of aromatic nitrogens is 6. The number of fused-ring (bicyclic) bond motifs is 1. The van der Waals surface area contributed by atoms with Gasteiger partial charge in [-0.05, 0) is 38.1 Å². The number of anilines is 4. The van der Waals surface area contributed by atoms with Crippen molar-refractivity contribution in [1.82, 2.24) is 29.1 Å². The summed E-state index contributed by atoms with van der Waals surface area (Å²) in [6, 6.07) is 5.85. The number of amides is 1. The number of aliphatic hydroxyl groups is 1. The Morgan fingerprint density at radius 3 is 2.85 bits per heavy atom. The van der Waals surface area contributed by atoms with Crippen LogP contribution in [0.5, 0.6) is 0 Å². The maximum Gasteiger partial charge on any atom is 0.247 e. The van der Waals surface area contributed by atoms with Crippen molar-refractivity contribution in [3.05, 3.63) is 55.1 Å². The Morgan fingerprint density at radius 2 is 2.12 bits per heavy atom. The van der Waals surface area contributed by atoms with E-state index in [0.29, 0.717) is 17.3 Å². The Balaban J connectivity index is 1.44. The molecule has 12 heteroatoms. The second-order valence-electron chi connectivity index (χ2n) is 8.44. The van der Waals surface area contributed by atoms with Crippen LogP contribution < -0.4 is 15.5 Å². The van der Waals surface area contributed by atoms with E-state index in [2.05, 4.69) is 44.5 Å². The molecular formula is C22H24FN9O2. The topological polar surface area (TPSA) is 126 Å². The Bertz CT molecular complexity index is 1320. The average molecular weight is 465 g/mol. The highest BCUT2D eigenvalue weighted by Crippen LogP contribution is 2.28. The van der Waals surface area contributed by atoms with E-state index in [1.807, 2.05) is 22.9 Å². The van der Waals surface area contributed by atoms with Crippen LogP contribution in [-0.2, 0) is 4.79 Å². The quantitative estimate of drug-likeness (QED) is 0.371. The number of carbonyl (C=O) groups excluding carboxylic acids is 1. The number of hydrogen-bond donors (Lipinski definition) is 3. The SMILES string of the molecule is CC(C)n1cnc(Nc2nc(N3C[C@@H](O)C[C@H]3C(=O)Nc3ccc(F)nc3)nn3cccc23)c1. The Kier molecular flexibility index (Phi) is 5.57. The fourth-order valence-electron chi connectivity index (χ4n) is 3.90. The highest BCUT2D eigenvalue weighted by atomic mass is 19.1. The molecule has 0 radical (unpaired) electrons. The number of halogens is 1. The number of imidazole rings is 1. The average Bonchev–Trinajstić information content (AvgIpc) is 3.54. The lowest BCUT2D eigenvalue weighted by atomic mass is 10.2. The predicted molar refractivity (Wildman–Crippen MR) is 123 cm³/mol. The first-order valence-electron chi connectivity index (χ1n) is 10.9. The van der Waals surface area contributed by atoms with Gasteiger partial charge in [0.15, 0.2) is 5.82 Å². The van der Waals surface area contributed by atoms with E-state index in [1.165, 1.54) is 18.3 Å². The van der Waals surface area contributed by atoms with E-state index >= 15 is 0 Å². The molecule has 1 amide bonds. The predicted octanol–water partition coefficient (Wildman–Crippen LogP) is 2.36. The van der Waals surface area contributed by atoms with E-state index in [9.17, 15) is 14.3 Å². The third kappa shape index (κ3) is 4.27. The van der Waals surface area contributed by atoms with Gasteiger partial charge in [-0.3, -0.25) is 4.79 Å². The maximum absolute atomic E-state index is 13.1. The maximum atomic E-state index is 13.1. The zero-order valence-electron chi connectivity index (χ0n) is 18.6. The van der Waals surface area contributed by atoms with E-state index in [4.69, 9.17) is 0 Å². The van der Waals surface area contributed by atoms with Crippen molar-refractivity contribution >= 4 is 34.7 Å². The van der Waals surface area contributed by atoms with Crippen molar-refractivity contribution in [2.24, 2.45) is 0 Å². The summed E-state index contributed by atoms with van der Waals surface area (Å²) in [4.78, 5) is 27.3. The molecular weight excluding hydrogens is 441 g/mol. The van der Waals surface area contributed by atoms with Gasteiger partial charge in [0.05, 0.1) is 24.3 Å². The minimum atomic E-state index is -0.732. The molecule has 1 fully saturated rings. The Labute approximate surface area is 194 Å². The molecule has 1 aliphatic rings. The minimum absolute atomic E-state index is 0.188. The molecule has 0 aromatic carbocycles. The minimum Gasteiger partial charge on any atom is -0.391 e. The number of hydrogen-bond acceptors (Lipinski definition) is 8. The van der Waals surface area contributed by atoms with Gasteiger partial charge in [0.2, 0.25) is 17.8 Å². The number of pyridine rings is 1. The van der Waals surface area contributed by atoms with E-state index in [-0.39, 0.29) is 30.9 Å². The van der Waals surface area contributed by atoms with Gasteiger partial charge in [0.25, 0.3) is 0 Å². The van der Waals surface area contributed by atoms with Crippen molar-refractivity contribution in [3.63, 3.8) is 0 Å². The summed E-state index contributed by atoms with van der Waals surface area (Å²) >= 11 is 0. The monoisotopic (exact) mass is 465 g/mol. The number of carbonyl (C=O) groups is 1. The van der Waals surface area contributed by atoms with Crippen LogP contribution >= 0.6 is 0 Å². The molecule has 1 saturated heterocycles. The molecule has 0 unspecified atom stereocenters. The summed E-state index contributed by atoms with van der Waals surface area (Å²) in [5, 5.41) is 20.8. The van der Waals surface area contributed by atoms with Crippen LogP contribution in [0.15, 0.2) is 49.2 Å². The van der Waals surface area contributed by atoms with Gasteiger partial charge < -0.3 is 25.2 Å². The van der Waals surface area contributed by atoms with Crippen LogP contribution in [0.4, 0.5) is 27.7 Å². The Hall–Kier alpha value is -4.06. The number of nitrogens with one attached hydrogen (secondary N) is 2. The molecule has 0 aliphatic carbocycles. The normalized spacial score (nSPS) is 18.1. The number of aliphatic hydroxyl groups excluding tert-OH is 1. The third-order valence-electron chi connectivity index (χ3n) is 5.66. The van der Waals surface area contributed by atoms with Crippen molar-refractivity contribution in [2.75, 3.05) is 22.1 Å². The second-order valence-corrected chi connectivity index (χ2v) is 8.44. The summed E-state index contributed by atoms with van der Waals surface area (Å²) in [7, 11) is 0. The molecule has 11 nitrogen and oxygen atoms in total. The lowest BCUT2D eigenvalue weighted by Gasteiger charge is -2.24. The summed E-state index contributed by atoms with van der Waals surface area (Å²) in [5.41, 5.74) is 1.10. The van der Waals surface area contributed by atoms with Crippen LogP contribution in [0.2, 0.25) is 0 Å². The number of rotatable bonds is 6. The van der Waals surface area contributed by atoms with Gasteiger partial charge in [0, 0.05) is 31.4 Å². The van der Waals surface area contributed by atoms with Gasteiger partial charge in [-0.2, -0.15) is 9.37 Å². The van der Waals surface area contributed by atoms with E-state index in [1.54, 1.807) is 21.9 Å². The first kappa shape index (κ1) is 21.8. The van der Waals surface area contributed by atoms with Crippen LogP contribution in [-0.4, -0.2) is 58.8 Å². The molecule has 0 spiro atoms. The molecule has 34 heavy (non-hydrogen) atoms. The highest BCUT2D eigenvalue weighted by molar-refractivity contribution is 5.97. The molecule has 5 rings (SSSR count). The Morgan fingerprint density at radius 1 is 1.26 bits per heavy atom. The zero-order chi connectivity index (χ0) is 23.8. The fourth-order valence-corrected chi connectivity index (χ4v) is 3.90. The zero-order valence-corrected chi connectivity index (χ0v) is 18.6. The molecule has 0 bridgehead atoms. The smallest absolute Gasteiger partial charge is 0.247 e. The summed E-state index contributed by atoms with van der Waals surface area (Å²) in [6.07, 6.45) is 6.12. The summed E-state index contributed by atoms with van der Waals surface area (Å²) < 4.78 is 16.7. The fraction of sp³-hybridized carbons (Fsp3) is 0.318. The van der Waals surface area contributed by atoms with E-state index < -0.39 is 18.1 Å². The first-order valence-corrected chi connectivity index (χ1v) is 10.9. The molecule has 4 aromatic rings. The lowest BCUT2D eigenvalue weighted by Crippen LogP contribution is -2.41. The number of nitrogens with zero attached hydrogens (tertiary/aromatic N) is 7. The third-order valence-corrected chi connectivity index (χ3v) is 5.66. The van der Waals surface area contributed by atoms with Gasteiger partial charge in [-0.25, -0.2) is 14.5 Å². The number of β-amino-alcohol motifs (C(OH)–C–C–N with tert-alkyl or cyclic N) is 1. The molecule has 5 heterocycles. The van der Waals surface area contributed by atoms with Gasteiger partial charge in [-0.1, -0.05) is 0 Å². The van der Waals surface area contributed by atoms with Crippen molar-refractivity contribution in [1.29, 1.82) is 0 Å². The largest absolute Gasteiger partial charge is 0.391 e. The standard InChI is InChI=1S/C22H24FN9O2/c1-13(2)30-11-19(25-12-30)27-20-16-4-3-7-32(16)29-22(28-20)31-10-15(33)8-17(31)21(34)26-14-5-6-18(23)24-9-14/h3-7,9,11-13,15,17,33H,8,10H2,1-2H3,(H,26,34)(H,27,28,29)/t15-,17-/m0/s1. The van der Waals surface area contributed by atoms with Gasteiger partial charge >= 0.3 is 0 Å². The molecule has 0 saturated carbocycles. The van der Waals surface area contributed by atoms with Crippen LogP contribution in [0.3, 0.4) is 0 Å². The molecule has 4 aromatic heterocycles. The molecule has 3 N–H and O–H groups in total. The molecule has 2 atom stereocenters. The van der Waals surface area contributed by atoms with Crippen molar-refractivity contribution < 1.29 is 14.3 Å². The molecule has 176 valence electrons. The lowest BCUT2D eigenvalue weighted by molar-refractivity contribution is -0.117. The van der Waals surface area contributed by atoms with Crippen LogP contribution in [0.1, 0.15) is 26.3 Å².